The number of aromatic nitrogens is 3. The fourth-order valence-electron chi connectivity index (χ4n) is 4.66. The van der Waals surface area contributed by atoms with E-state index in [1.54, 1.807) is 36.5 Å². The zero-order valence-corrected chi connectivity index (χ0v) is 21.6. The molecule has 2 aliphatic rings. The van der Waals surface area contributed by atoms with Crippen molar-refractivity contribution in [1.82, 2.24) is 25.6 Å². The lowest BCUT2D eigenvalue weighted by molar-refractivity contribution is -0.137. The molecule has 4 heterocycles. The number of hydrogen-bond donors (Lipinski definition) is 2. The minimum atomic E-state index is -4.46. The first-order valence-electron chi connectivity index (χ1n) is 12.4. The molecule has 1 aromatic carbocycles. The molecule has 2 saturated heterocycles. The second kappa shape index (κ2) is 11.5. The van der Waals surface area contributed by atoms with Gasteiger partial charge in [-0.2, -0.15) is 13.2 Å². The number of amides is 2. The Kier molecular flexibility index (Phi) is 7.94. The lowest BCUT2D eigenvalue weighted by Crippen LogP contribution is -2.38. The number of anilines is 1. The molecule has 12 heteroatoms. The van der Waals surface area contributed by atoms with Gasteiger partial charge in [0.2, 0.25) is 5.95 Å². The highest BCUT2D eigenvalue weighted by atomic mass is 32.2. The highest BCUT2D eigenvalue weighted by Gasteiger charge is 2.34. The van der Waals surface area contributed by atoms with Crippen LogP contribution in [0.5, 0.6) is 0 Å². The maximum Gasteiger partial charge on any atom is 0.417 e. The lowest BCUT2D eigenvalue weighted by atomic mass is 9.96. The number of carbonyl (C=O) groups excluding carboxylic acids is 2. The highest BCUT2D eigenvalue weighted by molar-refractivity contribution is 8.18. The van der Waals surface area contributed by atoms with E-state index in [1.165, 1.54) is 18.3 Å². The second-order valence-corrected chi connectivity index (χ2v) is 10.3. The summed E-state index contributed by atoms with van der Waals surface area (Å²) in [7, 11) is 0. The fraction of sp³-hybridized carbons (Fsp3) is 0.296. The molecule has 2 N–H and O–H groups in total. The topological polar surface area (TPSA) is 100 Å². The lowest BCUT2D eigenvalue weighted by Gasteiger charge is -2.32. The standard InChI is InChI=1S/C27H25F3N6O2S/c28-27(29,30)21-6-2-1-5-20(21)23-18(4-3-10-32-23)16-31-15-17-8-12-36(13-9-17)25-33-11-7-19(34-25)14-22-24(37)35-26(38)39-22/h1-7,10-11,14,17,31H,8-9,12-13,15-16H2,(H,35,37,38)/b22-14+. The zero-order chi connectivity index (χ0) is 27.4. The van der Waals surface area contributed by atoms with E-state index in [-0.39, 0.29) is 5.56 Å². The number of hydrogen-bond acceptors (Lipinski definition) is 8. The Bertz CT molecular complexity index is 1410. The molecule has 2 fully saturated rings. The van der Waals surface area contributed by atoms with Crippen molar-refractivity contribution in [1.29, 1.82) is 0 Å². The summed E-state index contributed by atoms with van der Waals surface area (Å²) < 4.78 is 40.7. The number of alkyl halides is 3. The average molecular weight is 555 g/mol. The van der Waals surface area contributed by atoms with Crippen LogP contribution in [0, 0.1) is 5.92 Å². The van der Waals surface area contributed by atoms with Gasteiger partial charge in [-0.25, -0.2) is 9.97 Å². The molecule has 3 aromatic rings. The summed E-state index contributed by atoms with van der Waals surface area (Å²) in [6, 6.07) is 10.7. The number of thioether (sulfide) groups is 1. The van der Waals surface area contributed by atoms with Gasteiger partial charge in [-0.15, -0.1) is 0 Å². The smallest absolute Gasteiger partial charge is 0.341 e. The van der Waals surface area contributed by atoms with Gasteiger partial charge in [0.1, 0.15) is 0 Å². The third-order valence-corrected chi connectivity index (χ3v) is 7.42. The molecule has 2 aromatic heterocycles. The van der Waals surface area contributed by atoms with Crippen molar-refractivity contribution in [3.63, 3.8) is 0 Å². The highest BCUT2D eigenvalue weighted by Crippen LogP contribution is 2.37. The maximum absolute atomic E-state index is 13.6. The van der Waals surface area contributed by atoms with Crippen LogP contribution >= 0.6 is 11.8 Å². The zero-order valence-electron chi connectivity index (χ0n) is 20.7. The van der Waals surface area contributed by atoms with E-state index in [2.05, 4.69) is 30.5 Å². The molecule has 0 spiro atoms. The van der Waals surface area contributed by atoms with E-state index in [0.29, 0.717) is 40.3 Å². The predicted molar refractivity (Wildman–Crippen MR) is 142 cm³/mol. The van der Waals surface area contributed by atoms with Crippen LogP contribution in [-0.2, 0) is 17.5 Å². The molecule has 202 valence electrons. The fourth-order valence-corrected chi connectivity index (χ4v) is 5.33. The van der Waals surface area contributed by atoms with Crippen molar-refractivity contribution < 1.29 is 22.8 Å². The molecule has 0 saturated carbocycles. The van der Waals surface area contributed by atoms with Crippen LogP contribution < -0.4 is 15.5 Å². The molecular formula is C27H25F3N6O2S. The van der Waals surface area contributed by atoms with Crippen LogP contribution in [0.1, 0.15) is 29.7 Å². The number of piperidine rings is 1. The van der Waals surface area contributed by atoms with E-state index in [0.717, 1.165) is 50.3 Å². The summed E-state index contributed by atoms with van der Waals surface area (Å²) in [6.45, 7) is 2.62. The van der Waals surface area contributed by atoms with Gasteiger partial charge >= 0.3 is 6.18 Å². The van der Waals surface area contributed by atoms with E-state index in [1.807, 2.05) is 0 Å². The summed E-state index contributed by atoms with van der Waals surface area (Å²) >= 11 is 0.844. The quantitative estimate of drug-likeness (QED) is 0.399. The number of halogens is 3. The summed E-state index contributed by atoms with van der Waals surface area (Å²) in [5, 5.41) is 5.23. The second-order valence-electron chi connectivity index (χ2n) is 9.25. The van der Waals surface area contributed by atoms with Crippen molar-refractivity contribution >= 4 is 34.9 Å². The van der Waals surface area contributed by atoms with Crippen LogP contribution in [0.25, 0.3) is 17.3 Å². The van der Waals surface area contributed by atoms with E-state index < -0.39 is 22.9 Å². The van der Waals surface area contributed by atoms with Gasteiger partial charge in [0.15, 0.2) is 0 Å². The van der Waals surface area contributed by atoms with Crippen LogP contribution in [-0.4, -0.2) is 45.7 Å². The summed E-state index contributed by atoms with van der Waals surface area (Å²) in [6.07, 6.45) is 2.04. The van der Waals surface area contributed by atoms with Crippen molar-refractivity contribution in [2.24, 2.45) is 5.92 Å². The molecule has 5 rings (SSSR count). The number of imide groups is 1. The first-order chi connectivity index (χ1) is 18.8. The van der Waals surface area contributed by atoms with E-state index >= 15 is 0 Å². The van der Waals surface area contributed by atoms with Crippen molar-refractivity contribution in [2.75, 3.05) is 24.5 Å². The summed E-state index contributed by atoms with van der Waals surface area (Å²) in [5.41, 5.74) is 0.973. The van der Waals surface area contributed by atoms with Gasteiger partial charge in [0.05, 0.1) is 21.9 Å². The van der Waals surface area contributed by atoms with Gasteiger partial charge in [-0.1, -0.05) is 24.3 Å². The van der Waals surface area contributed by atoms with Crippen molar-refractivity contribution in [3.8, 4) is 11.3 Å². The Hall–Kier alpha value is -3.77. The first-order valence-corrected chi connectivity index (χ1v) is 13.2. The molecular weight excluding hydrogens is 529 g/mol. The molecule has 0 unspecified atom stereocenters. The number of rotatable bonds is 7. The molecule has 0 atom stereocenters. The van der Waals surface area contributed by atoms with Gasteiger partial charge in [-0.3, -0.25) is 19.9 Å². The molecule has 0 aliphatic carbocycles. The number of benzene rings is 1. The molecule has 0 bridgehead atoms. The number of nitrogens with zero attached hydrogens (tertiary/aromatic N) is 4. The Labute approximate surface area is 227 Å². The van der Waals surface area contributed by atoms with Crippen molar-refractivity contribution in [3.05, 3.63) is 76.6 Å². The molecule has 39 heavy (non-hydrogen) atoms. The number of carbonyl (C=O) groups is 2. The monoisotopic (exact) mass is 554 g/mol. The average Bonchev–Trinajstić information content (AvgIpc) is 3.25. The van der Waals surface area contributed by atoms with Crippen LogP contribution in [0.2, 0.25) is 0 Å². The first kappa shape index (κ1) is 26.8. The van der Waals surface area contributed by atoms with E-state index in [9.17, 15) is 22.8 Å². The third-order valence-electron chi connectivity index (χ3n) is 6.61. The van der Waals surface area contributed by atoms with Crippen LogP contribution in [0.3, 0.4) is 0 Å². The van der Waals surface area contributed by atoms with Crippen molar-refractivity contribution in [2.45, 2.75) is 25.6 Å². The summed E-state index contributed by atoms with van der Waals surface area (Å²) in [4.78, 5) is 38.8. The molecule has 0 radical (unpaired) electrons. The Balaban J connectivity index is 1.17. The Morgan fingerprint density at radius 2 is 1.85 bits per heavy atom. The minimum Gasteiger partial charge on any atom is -0.341 e. The maximum atomic E-state index is 13.6. The van der Waals surface area contributed by atoms with Gasteiger partial charge in [-0.05, 0) is 66.9 Å². The largest absolute Gasteiger partial charge is 0.417 e. The minimum absolute atomic E-state index is 0.0762. The normalized spacial score (nSPS) is 17.6. The van der Waals surface area contributed by atoms with Gasteiger partial charge < -0.3 is 10.2 Å². The third kappa shape index (κ3) is 6.45. The van der Waals surface area contributed by atoms with Crippen LogP contribution in [0.4, 0.5) is 23.9 Å². The number of nitrogens with one attached hydrogen (secondary N) is 2. The molecule has 8 nitrogen and oxygen atoms in total. The van der Waals surface area contributed by atoms with Crippen LogP contribution in [0.15, 0.2) is 59.8 Å². The SMILES string of the molecule is O=C1NC(=O)/C(=C\c2ccnc(N3CCC(CNCc4cccnc4-c4ccccc4C(F)(F)F)CC3)n2)S1. The van der Waals surface area contributed by atoms with Gasteiger partial charge in [0, 0.05) is 37.6 Å². The predicted octanol–water partition coefficient (Wildman–Crippen LogP) is 4.89. The Morgan fingerprint density at radius 3 is 2.59 bits per heavy atom. The Morgan fingerprint density at radius 1 is 1.05 bits per heavy atom. The van der Waals surface area contributed by atoms with Gasteiger partial charge in [0.25, 0.3) is 11.1 Å². The van der Waals surface area contributed by atoms with E-state index in [4.69, 9.17) is 0 Å². The summed E-state index contributed by atoms with van der Waals surface area (Å²) in [5.74, 6) is 0.522. The molecule has 2 aliphatic heterocycles. The number of pyridine rings is 1. The molecule has 2 amide bonds.